The molecule has 1 atom stereocenters. The van der Waals surface area contributed by atoms with Crippen LogP contribution in [0.3, 0.4) is 0 Å². The SMILES string of the molecule is COC(=O)C(CNC(=O)OC(C)(C)C)N1CCNCC1. The van der Waals surface area contributed by atoms with E-state index in [1.807, 2.05) is 4.90 Å². The predicted molar refractivity (Wildman–Crippen MR) is 74.5 cm³/mol. The second kappa shape index (κ2) is 7.44. The molecule has 0 radical (unpaired) electrons. The van der Waals surface area contributed by atoms with Crippen molar-refractivity contribution in [3.63, 3.8) is 0 Å². The standard InChI is InChI=1S/C13H25N3O4/c1-13(2,3)20-12(18)15-9-10(11(17)19-4)16-7-5-14-6-8-16/h10,14H,5-9H2,1-4H3,(H,15,18). The van der Waals surface area contributed by atoms with E-state index in [4.69, 9.17) is 9.47 Å². The number of rotatable bonds is 4. The molecule has 7 nitrogen and oxygen atoms in total. The van der Waals surface area contributed by atoms with Gasteiger partial charge in [0.2, 0.25) is 0 Å². The van der Waals surface area contributed by atoms with Crippen LogP contribution in [0, 0.1) is 0 Å². The van der Waals surface area contributed by atoms with Crippen LogP contribution in [-0.2, 0) is 14.3 Å². The maximum atomic E-state index is 11.8. The third-order valence-corrected chi connectivity index (χ3v) is 2.90. The average Bonchev–Trinajstić information content (AvgIpc) is 2.37. The number of piperazine rings is 1. The van der Waals surface area contributed by atoms with Crippen molar-refractivity contribution in [1.29, 1.82) is 0 Å². The second-order valence-electron chi connectivity index (χ2n) is 5.71. The number of esters is 1. The third-order valence-electron chi connectivity index (χ3n) is 2.90. The molecule has 0 spiro atoms. The molecule has 1 unspecified atom stereocenters. The zero-order chi connectivity index (χ0) is 15.2. The monoisotopic (exact) mass is 287 g/mol. The highest BCUT2D eigenvalue weighted by Crippen LogP contribution is 2.07. The van der Waals surface area contributed by atoms with E-state index >= 15 is 0 Å². The molecule has 7 heteroatoms. The molecule has 0 aromatic heterocycles. The minimum absolute atomic E-state index is 0.182. The number of methoxy groups -OCH3 is 1. The van der Waals surface area contributed by atoms with Crippen LogP contribution < -0.4 is 10.6 Å². The first-order valence-corrected chi connectivity index (χ1v) is 6.83. The zero-order valence-corrected chi connectivity index (χ0v) is 12.7. The van der Waals surface area contributed by atoms with Crippen LogP contribution in [0.2, 0.25) is 0 Å². The summed E-state index contributed by atoms with van der Waals surface area (Å²) in [5.74, 6) is -0.344. The van der Waals surface area contributed by atoms with Crippen molar-refractivity contribution in [2.45, 2.75) is 32.4 Å². The lowest BCUT2D eigenvalue weighted by Gasteiger charge is -2.33. The molecular weight excluding hydrogens is 262 g/mol. The third kappa shape index (κ3) is 5.75. The first-order chi connectivity index (χ1) is 9.33. The van der Waals surface area contributed by atoms with E-state index in [-0.39, 0.29) is 12.5 Å². The summed E-state index contributed by atoms with van der Waals surface area (Å²) in [6, 6.07) is -0.477. The number of amides is 1. The largest absolute Gasteiger partial charge is 0.468 e. The van der Waals surface area contributed by atoms with Crippen molar-refractivity contribution in [2.24, 2.45) is 0 Å². The predicted octanol–water partition coefficient (Wildman–Crippen LogP) is -0.0421. The minimum Gasteiger partial charge on any atom is -0.468 e. The van der Waals surface area contributed by atoms with E-state index in [0.717, 1.165) is 26.2 Å². The highest BCUT2D eigenvalue weighted by molar-refractivity contribution is 5.77. The molecule has 0 bridgehead atoms. The number of nitrogens with one attached hydrogen (secondary N) is 2. The van der Waals surface area contributed by atoms with Gasteiger partial charge in [-0.3, -0.25) is 9.69 Å². The molecule has 2 N–H and O–H groups in total. The molecule has 1 aliphatic heterocycles. The van der Waals surface area contributed by atoms with Crippen LogP contribution in [0.4, 0.5) is 4.79 Å². The molecule has 1 rings (SSSR count). The Morgan fingerprint density at radius 3 is 2.40 bits per heavy atom. The molecule has 0 aromatic carbocycles. The van der Waals surface area contributed by atoms with Gasteiger partial charge in [-0.15, -0.1) is 0 Å². The van der Waals surface area contributed by atoms with E-state index < -0.39 is 17.7 Å². The van der Waals surface area contributed by atoms with Crippen LogP contribution in [0.5, 0.6) is 0 Å². The number of carbonyl (C=O) groups is 2. The molecular formula is C13H25N3O4. The molecule has 1 heterocycles. The Balaban J connectivity index is 2.52. The fraction of sp³-hybridized carbons (Fsp3) is 0.846. The van der Waals surface area contributed by atoms with Gasteiger partial charge in [0.25, 0.3) is 0 Å². The normalized spacial score (nSPS) is 18.2. The molecule has 0 aliphatic carbocycles. The van der Waals surface area contributed by atoms with Crippen LogP contribution in [-0.4, -0.2) is 68.4 Å². The first kappa shape index (κ1) is 16.7. The van der Waals surface area contributed by atoms with Crippen molar-refractivity contribution in [3.05, 3.63) is 0 Å². The summed E-state index contributed by atoms with van der Waals surface area (Å²) < 4.78 is 9.96. The lowest BCUT2D eigenvalue weighted by molar-refractivity contribution is -0.147. The van der Waals surface area contributed by atoms with Crippen molar-refractivity contribution < 1.29 is 19.1 Å². The topological polar surface area (TPSA) is 79.9 Å². The molecule has 1 aliphatic rings. The van der Waals surface area contributed by atoms with Gasteiger partial charge in [-0.25, -0.2) is 4.79 Å². The van der Waals surface area contributed by atoms with Crippen molar-refractivity contribution in [2.75, 3.05) is 39.8 Å². The smallest absolute Gasteiger partial charge is 0.407 e. The van der Waals surface area contributed by atoms with E-state index in [1.165, 1.54) is 7.11 Å². The molecule has 0 saturated carbocycles. The maximum Gasteiger partial charge on any atom is 0.407 e. The van der Waals surface area contributed by atoms with Gasteiger partial charge in [-0.05, 0) is 20.8 Å². The number of alkyl carbamates (subject to hydrolysis) is 1. The average molecular weight is 287 g/mol. The van der Waals surface area contributed by atoms with Gasteiger partial charge < -0.3 is 20.1 Å². The van der Waals surface area contributed by atoms with Gasteiger partial charge in [0, 0.05) is 32.7 Å². The highest BCUT2D eigenvalue weighted by atomic mass is 16.6. The summed E-state index contributed by atoms with van der Waals surface area (Å²) >= 11 is 0. The van der Waals surface area contributed by atoms with E-state index in [2.05, 4.69) is 10.6 Å². The van der Waals surface area contributed by atoms with Crippen molar-refractivity contribution in [1.82, 2.24) is 15.5 Å². The molecule has 0 aromatic rings. The summed E-state index contributed by atoms with van der Waals surface area (Å²) in [5, 5.41) is 5.84. The summed E-state index contributed by atoms with van der Waals surface area (Å²) in [5.41, 5.74) is -0.556. The van der Waals surface area contributed by atoms with Gasteiger partial charge in [0.1, 0.15) is 11.6 Å². The van der Waals surface area contributed by atoms with Crippen LogP contribution in [0.25, 0.3) is 0 Å². The van der Waals surface area contributed by atoms with Crippen LogP contribution >= 0.6 is 0 Å². The quantitative estimate of drug-likeness (QED) is 0.706. The number of ether oxygens (including phenoxy) is 2. The first-order valence-electron chi connectivity index (χ1n) is 6.83. The van der Waals surface area contributed by atoms with Crippen molar-refractivity contribution in [3.8, 4) is 0 Å². The Bertz CT molecular complexity index is 335. The fourth-order valence-electron chi connectivity index (χ4n) is 1.99. The van der Waals surface area contributed by atoms with Crippen LogP contribution in [0.1, 0.15) is 20.8 Å². The molecule has 116 valence electrons. The summed E-state index contributed by atoms with van der Waals surface area (Å²) in [6.45, 7) is 8.69. The Morgan fingerprint density at radius 2 is 1.90 bits per heavy atom. The Labute approximate surface area is 120 Å². The van der Waals surface area contributed by atoms with E-state index in [1.54, 1.807) is 20.8 Å². The van der Waals surface area contributed by atoms with E-state index in [9.17, 15) is 9.59 Å². The van der Waals surface area contributed by atoms with Crippen LogP contribution in [0.15, 0.2) is 0 Å². The fourth-order valence-corrected chi connectivity index (χ4v) is 1.99. The number of hydrogen-bond acceptors (Lipinski definition) is 6. The Kier molecular flexibility index (Phi) is 6.22. The van der Waals surface area contributed by atoms with Crippen molar-refractivity contribution >= 4 is 12.1 Å². The summed E-state index contributed by atoms with van der Waals surface area (Å²) in [7, 11) is 1.35. The molecule has 1 amide bonds. The summed E-state index contributed by atoms with van der Waals surface area (Å²) in [4.78, 5) is 25.5. The molecule has 1 saturated heterocycles. The number of nitrogens with zero attached hydrogens (tertiary/aromatic N) is 1. The minimum atomic E-state index is -0.556. The zero-order valence-electron chi connectivity index (χ0n) is 12.7. The lowest BCUT2D eigenvalue weighted by atomic mass is 10.2. The Morgan fingerprint density at radius 1 is 1.30 bits per heavy atom. The van der Waals surface area contributed by atoms with E-state index in [0.29, 0.717) is 0 Å². The lowest BCUT2D eigenvalue weighted by Crippen LogP contribution is -2.55. The molecule has 1 fully saturated rings. The number of hydrogen-bond donors (Lipinski definition) is 2. The Hall–Kier alpha value is -1.34. The molecule has 20 heavy (non-hydrogen) atoms. The maximum absolute atomic E-state index is 11.8. The summed E-state index contributed by atoms with van der Waals surface area (Å²) in [6.07, 6.45) is -0.526. The van der Waals surface area contributed by atoms with Gasteiger partial charge in [-0.1, -0.05) is 0 Å². The van der Waals surface area contributed by atoms with Gasteiger partial charge in [0.15, 0.2) is 0 Å². The highest BCUT2D eigenvalue weighted by Gasteiger charge is 2.29. The van der Waals surface area contributed by atoms with Gasteiger partial charge in [-0.2, -0.15) is 0 Å². The number of carbonyl (C=O) groups excluding carboxylic acids is 2. The second-order valence-corrected chi connectivity index (χ2v) is 5.71. The van der Waals surface area contributed by atoms with Gasteiger partial charge >= 0.3 is 12.1 Å². The van der Waals surface area contributed by atoms with Gasteiger partial charge in [0.05, 0.1) is 7.11 Å².